The fourth-order valence-electron chi connectivity index (χ4n) is 1.58. The van der Waals surface area contributed by atoms with Gasteiger partial charge in [0.15, 0.2) is 0 Å². The van der Waals surface area contributed by atoms with Crippen molar-refractivity contribution in [3.8, 4) is 0 Å². The van der Waals surface area contributed by atoms with E-state index >= 15 is 0 Å². The number of fused-ring (bicyclic) bond motifs is 1. The van der Waals surface area contributed by atoms with E-state index in [1.165, 1.54) is 0 Å². The van der Waals surface area contributed by atoms with Crippen LogP contribution in [0.1, 0.15) is 12.5 Å². The molecule has 14 heavy (non-hydrogen) atoms. The molecule has 0 unspecified atom stereocenters. The number of rotatable bonds is 2. The van der Waals surface area contributed by atoms with Gasteiger partial charge in [0.2, 0.25) is 0 Å². The van der Waals surface area contributed by atoms with Crippen LogP contribution in [0.4, 0.5) is 0 Å². The van der Waals surface area contributed by atoms with E-state index in [9.17, 15) is 4.79 Å². The van der Waals surface area contributed by atoms with Crippen LogP contribution in [0.2, 0.25) is 0 Å². The molecule has 1 aromatic carbocycles. The van der Waals surface area contributed by atoms with Crippen LogP contribution in [0.15, 0.2) is 36.5 Å². The number of pyridine rings is 1. The van der Waals surface area contributed by atoms with E-state index < -0.39 is 0 Å². The van der Waals surface area contributed by atoms with Crippen molar-refractivity contribution < 1.29 is 4.79 Å². The molecule has 0 aliphatic carbocycles. The minimum absolute atomic E-state index is 0.170. The molecule has 0 fully saturated rings. The fraction of sp³-hybridized carbons (Fsp3) is 0.167. The molecule has 0 aliphatic heterocycles. The second-order valence-corrected chi connectivity index (χ2v) is 3.37. The molecule has 0 bridgehead atoms. The van der Waals surface area contributed by atoms with Crippen molar-refractivity contribution in [2.45, 2.75) is 13.3 Å². The summed E-state index contributed by atoms with van der Waals surface area (Å²) in [7, 11) is 0. The van der Waals surface area contributed by atoms with Gasteiger partial charge in [-0.15, -0.1) is 0 Å². The van der Waals surface area contributed by atoms with Gasteiger partial charge in [0.1, 0.15) is 5.78 Å². The number of para-hydroxylation sites is 1. The van der Waals surface area contributed by atoms with Crippen LogP contribution in [0.3, 0.4) is 0 Å². The number of nitrogens with zero attached hydrogens (tertiary/aromatic N) is 1. The maximum absolute atomic E-state index is 11.0. The molecule has 0 spiro atoms. The number of hydrogen-bond acceptors (Lipinski definition) is 2. The van der Waals surface area contributed by atoms with E-state index in [1.807, 2.05) is 30.3 Å². The van der Waals surface area contributed by atoms with Crippen molar-refractivity contribution in [2.75, 3.05) is 0 Å². The van der Waals surface area contributed by atoms with E-state index in [1.54, 1.807) is 13.1 Å². The van der Waals surface area contributed by atoms with E-state index in [0.29, 0.717) is 6.42 Å². The Kier molecular flexibility index (Phi) is 2.27. The first-order valence-corrected chi connectivity index (χ1v) is 4.59. The van der Waals surface area contributed by atoms with E-state index in [-0.39, 0.29) is 5.78 Å². The highest BCUT2D eigenvalue weighted by atomic mass is 16.1. The van der Waals surface area contributed by atoms with Gasteiger partial charge < -0.3 is 0 Å². The summed E-state index contributed by atoms with van der Waals surface area (Å²) >= 11 is 0. The molecule has 0 amide bonds. The van der Waals surface area contributed by atoms with E-state index in [2.05, 4.69) is 4.98 Å². The van der Waals surface area contributed by atoms with Gasteiger partial charge in [0, 0.05) is 18.0 Å². The zero-order chi connectivity index (χ0) is 9.97. The molecule has 1 aromatic heterocycles. The molecule has 1 heterocycles. The van der Waals surface area contributed by atoms with Gasteiger partial charge in [-0.05, 0) is 18.6 Å². The van der Waals surface area contributed by atoms with Crippen molar-refractivity contribution in [2.24, 2.45) is 0 Å². The third-order valence-electron chi connectivity index (χ3n) is 2.16. The van der Waals surface area contributed by atoms with Gasteiger partial charge >= 0.3 is 0 Å². The highest BCUT2D eigenvalue weighted by Gasteiger charge is 2.03. The molecule has 0 N–H and O–H groups in total. The number of benzene rings is 1. The zero-order valence-corrected chi connectivity index (χ0v) is 8.03. The lowest BCUT2D eigenvalue weighted by Gasteiger charge is -2.02. The Morgan fingerprint density at radius 1 is 1.29 bits per heavy atom. The maximum atomic E-state index is 11.0. The van der Waals surface area contributed by atoms with Crippen LogP contribution in [0.5, 0.6) is 0 Å². The SMILES string of the molecule is CC(=O)Cc1cccc2cccnc12. The fourth-order valence-corrected chi connectivity index (χ4v) is 1.58. The summed E-state index contributed by atoms with van der Waals surface area (Å²) in [5, 5.41) is 1.09. The van der Waals surface area contributed by atoms with E-state index in [0.717, 1.165) is 16.5 Å². The molecule has 0 saturated heterocycles. The minimum Gasteiger partial charge on any atom is -0.300 e. The summed E-state index contributed by atoms with van der Waals surface area (Å²) in [6, 6.07) is 9.83. The van der Waals surface area contributed by atoms with Crippen molar-refractivity contribution in [3.05, 3.63) is 42.1 Å². The smallest absolute Gasteiger partial charge is 0.134 e. The summed E-state index contributed by atoms with van der Waals surface area (Å²) in [5.41, 5.74) is 1.95. The number of Topliss-reactive ketones (excluding diaryl/α,β-unsaturated/α-hetero) is 1. The third-order valence-corrected chi connectivity index (χ3v) is 2.16. The molecule has 2 heteroatoms. The van der Waals surface area contributed by atoms with Gasteiger partial charge in [0.05, 0.1) is 5.52 Å². The maximum Gasteiger partial charge on any atom is 0.134 e. The van der Waals surface area contributed by atoms with Crippen LogP contribution in [-0.2, 0) is 11.2 Å². The van der Waals surface area contributed by atoms with Crippen molar-refractivity contribution in [3.63, 3.8) is 0 Å². The summed E-state index contributed by atoms with van der Waals surface area (Å²) in [4.78, 5) is 15.3. The first-order chi connectivity index (χ1) is 6.77. The molecular formula is C12H11NO. The Hall–Kier alpha value is -1.70. The largest absolute Gasteiger partial charge is 0.300 e. The Bertz CT molecular complexity index is 471. The normalized spacial score (nSPS) is 10.4. The van der Waals surface area contributed by atoms with Crippen molar-refractivity contribution in [1.29, 1.82) is 0 Å². The van der Waals surface area contributed by atoms with Crippen LogP contribution in [0.25, 0.3) is 10.9 Å². The van der Waals surface area contributed by atoms with Crippen LogP contribution < -0.4 is 0 Å². The first kappa shape index (κ1) is 8.88. The molecule has 0 aliphatic rings. The molecule has 2 aromatic rings. The predicted octanol–water partition coefficient (Wildman–Crippen LogP) is 2.37. The van der Waals surface area contributed by atoms with Crippen LogP contribution in [-0.4, -0.2) is 10.8 Å². The lowest BCUT2D eigenvalue weighted by Crippen LogP contribution is -1.97. The predicted molar refractivity (Wildman–Crippen MR) is 56.1 cm³/mol. The highest BCUT2D eigenvalue weighted by Crippen LogP contribution is 2.16. The molecular weight excluding hydrogens is 174 g/mol. The molecule has 0 saturated carbocycles. The van der Waals surface area contributed by atoms with Crippen LogP contribution >= 0.6 is 0 Å². The number of carbonyl (C=O) groups excluding carboxylic acids is 1. The molecule has 0 atom stereocenters. The average Bonchev–Trinajstić information content (AvgIpc) is 2.18. The summed E-state index contributed by atoms with van der Waals surface area (Å²) < 4.78 is 0. The molecule has 2 nitrogen and oxygen atoms in total. The molecule has 2 rings (SSSR count). The van der Waals surface area contributed by atoms with Crippen LogP contribution in [0, 0.1) is 0 Å². The summed E-state index contributed by atoms with van der Waals surface area (Å²) in [6.07, 6.45) is 2.22. The number of ketones is 1. The Morgan fingerprint density at radius 2 is 2.07 bits per heavy atom. The monoisotopic (exact) mass is 185 g/mol. The lowest BCUT2D eigenvalue weighted by atomic mass is 10.1. The Morgan fingerprint density at radius 3 is 2.86 bits per heavy atom. The van der Waals surface area contributed by atoms with Gasteiger partial charge in [-0.1, -0.05) is 24.3 Å². The first-order valence-electron chi connectivity index (χ1n) is 4.59. The number of carbonyl (C=O) groups is 1. The summed E-state index contributed by atoms with van der Waals surface area (Å²) in [5.74, 6) is 0.170. The zero-order valence-electron chi connectivity index (χ0n) is 8.03. The molecule has 0 radical (unpaired) electrons. The van der Waals surface area contributed by atoms with Crippen molar-refractivity contribution in [1.82, 2.24) is 4.98 Å². The van der Waals surface area contributed by atoms with E-state index in [4.69, 9.17) is 0 Å². The van der Waals surface area contributed by atoms with Gasteiger partial charge in [-0.25, -0.2) is 0 Å². The quantitative estimate of drug-likeness (QED) is 0.719. The standard InChI is InChI=1S/C12H11NO/c1-9(14)8-11-5-2-4-10-6-3-7-13-12(10)11/h2-7H,8H2,1H3. The second kappa shape index (κ2) is 3.58. The number of hydrogen-bond donors (Lipinski definition) is 0. The lowest BCUT2D eigenvalue weighted by molar-refractivity contribution is -0.116. The molecule has 70 valence electrons. The Labute approximate surface area is 82.6 Å². The minimum atomic E-state index is 0.170. The van der Waals surface area contributed by atoms with Crippen molar-refractivity contribution >= 4 is 16.7 Å². The second-order valence-electron chi connectivity index (χ2n) is 3.37. The third kappa shape index (κ3) is 1.64. The Balaban J connectivity index is 2.59. The van der Waals surface area contributed by atoms with Gasteiger partial charge in [0.25, 0.3) is 0 Å². The highest BCUT2D eigenvalue weighted by molar-refractivity contribution is 5.87. The van der Waals surface area contributed by atoms with Gasteiger partial charge in [-0.3, -0.25) is 9.78 Å². The summed E-state index contributed by atoms with van der Waals surface area (Å²) in [6.45, 7) is 1.60. The average molecular weight is 185 g/mol. The number of aromatic nitrogens is 1. The van der Waals surface area contributed by atoms with Gasteiger partial charge in [-0.2, -0.15) is 0 Å². The topological polar surface area (TPSA) is 30.0 Å².